The third-order valence-corrected chi connectivity index (χ3v) is 4.20. The number of fused-ring (bicyclic) bond motifs is 1. The molecule has 122 valence electrons. The second-order valence-corrected chi connectivity index (χ2v) is 6.10. The number of nitrogens with one attached hydrogen (secondary N) is 1. The lowest BCUT2D eigenvalue weighted by Gasteiger charge is -2.05. The average Bonchev–Trinajstić information content (AvgIpc) is 2.95. The van der Waals surface area contributed by atoms with Gasteiger partial charge < -0.3 is 15.5 Å². The molecule has 6 heteroatoms. The summed E-state index contributed by atoms with van der Waals surface area (Å²) in [6.07, 6.45) is 1.98. The Kier molecular flexibility index (Phi) is 4.57. The van der Waals surface area contributed by atoms with Crippen molar-refractivity contribution in [2.75, 3.05) is 11.6 Å². The summed E-state index contributed by atoms with van der Waals surface area (Å²) in [6, 6.07) is 14.0. The molecule has 0 radical (unpaired) electrons. The van der Waals surface area contributed by atoms with Gasteiger partial charge in [0.1, 0.15) is 5.58 Å². The summed E-state index contributed by atoms with van der Waals surface area (Å²) in [5.41, 5.74) is 7.74. The molecule has 0 spiro atoms. The van der Waals surface area contributed by atoms with Crippen molar-refractivity contribution in [3.8, 4) is 0 Å². The van der Waals surface area contributed by atoms with E-state index >= 15 is 0 Å². The van der Waals surface area contributed by atoms with Gasteiger partial charge in [-0.05, 0) is 36.6 Å². The number of nitrogens with two attached hydrogens (primary N) is 1. The van der Waals surface area contributed by atoms with Crippen LogP contribution in [0.2, 0.25) is 0 Å². The fourth-order valence-corrected chi connectivity index (χ4v) is 3.05. The Labute approximate surface area is 143 Å². The molecule has 0 aliphatic rings. The van der Waals surface area contributed by atoms with Crippen LogP contribution in [0.15, 0.2) is 52.9 Å². The molecule has 5 nitrogen and oxygen atoms in total. The van der Waals surface area contributed by atoms with Crippen LogP contribution in [-0.2, 0) is 5.75 Å². The van der Waals surface area contributed by atoms with Gasteiger partial charge in [0.25, 0.3) is 5.91 Å². The second kappa shape index (κ2) is 6.80. The van der Waals surface area contributed by atoms with Crippen molar-refractivity contribution < 1.29 is 14.0 Å². The summed E-state index contributed by atoms with van der Waals surface area (Å²) < 4.78 is 5.75. The minimum absolute atomic E-state index is 0.310. The predicted octanol–water partition coefficient (Wildman–Crippen LogP) is 3.65. The number of rotatable bonds is 5. The number of para-hydroxylation sites is 1. The maximum absolute atomic E-state index is 12.6. The summed E-state index contributed by atoms with van der Waals surface area (Å²) in [5, 5.41) is 3.74. The predicted molar refractivity (Wildman–Crippen MR) is 96.3 cm³/mol. The molecule has 0 aliphatic heterocycles. The third-order valence-electron chi connectivity index (χ3n) is 3.62. The number of primary amides is 1. The Morgan fingerprint density at radius 1 is 1.12 bits per heavy atom. The molecule has 0 bridgehead atoms. The summed E-state index contributed by atoms with van der Waals surface area (Å²) >= 11 is 1.63. The maximum Gasteiger partial charge on any atom is 0.291 e. The third kappa shape index (κ3) is 3.14. The molecule has 0 saturated carbocycles. The molecular weight excluding hydrogens is 324 g/mol. The zero-order valence-corrected chi connectivity index (χ0v) is 13.9. The smallest absolute Gasteiger partial charge is 0.291 e. The Morgan fingerprint density at radius 3 is 2.50 bits per heavy atom. The second-order valence-electron chi connectivity index (χ2n) is 5.23. The van der Waals surface area contributed by atoms with Crippen molar-refractivity contribution in [2.24, 2.45) is 5.73 Å². The molecule has 3 N–H and O–H groups in total. The average molecular weight is 340 g/mol. The minimum atomic E-state index is -0.507. The van der Waals surface area contributed by atoms with Crippen LogP contribution < -0.4 is 11.1 Å². The van der Waals surface area contributed by atoms with E-state index in [0.29, 0.717) is 28.3 Å². The van der Waals surface area contributed by atoms with Crippen LogP contribution in [-0.4, -0.2) is 18.1 Å². The Bertz CT molecular complexity index is 900. The number of amides is 2. The van der Waals surface area contributed by atoms with E-state index in [0.717, 1.165) is 10.9 Å². The van der Waals surface area contributed by atoms with Crippen LogP contribution in [0, 0.1) is 0 Å². The molecular formula is C18H16N2O3S. The number of anilines is 1. The fraction of sp³-hybridized carbons (Fsp3) is 0.111. The summed E-state index contributed by atoms with van der Waals surface area (Å²) in [6.45, 7) is 0. The number of carbonyl (C=O) groups excluding carboxylic acids is 2. The van der Waals surface area contributed by atoms with Crippen LogP contribution in [0.4, 0.5) is 5.69 Å². The highest BCUT2D eigenvalue weighted by atomic mass is 32.2. The van der Waals surface area contributed by atoms with Gasteiger partial charge in [-0.15, -0.1) is 0 Å². The lowest BCUT2D eigenvalue weighted by molar-refractivity contribution is 0.0992. The highest BCUT2D eigenvalue weighted by Gasteiger charge is 2.20. The molecule has 0 atom stereocenters. The maximum atomic E-state index is 12.6. The first-order chi connectivity index (χ1) is 11.6. The number of carbonyl (C=O) groups is 2. The largest absolute Gasteiger partial charge is 0.451 e. The van der Waals surface area contributed by atoms with E-state index in [1.807, 2.05) is 30.5 Å². The van der Waals surface area contributed by atoms with Crippen LogP contribution >= 0.6 is 11.8 Å². The zero-order valence-electron chi connectivity index (χ0n) is 13.0. The van der Waals surface area contributed by atoms with Crippen LogP contribution in [0.5, 0.6) is 0 Å². The molecule has 3 aromatic rings. The van der Waals surface area contributed by atoms with Crippen molar-refractivity contribution in [1.29, 1.82) is 0 Å². The molecule has 0 saturated heterocycles. The van der Waals surface area contributed by atoms with Crippen molar-refractivity contribution in [2.45, 2.75) is 5.75 Å². The molecule has 24 heavy (non-hydrogen) atoms. The summed E-state index contributed by atoms with van der Waals surface area (Å²) in [7, 11) is 0. The number of benzene rings is 2. The van der Waals surface area contributed by atoms with E-state index in [1.54, 1.807) is 36.0 Å². The van der Waals surface area contributed by atoms with Gasteiger partial charge >= 0.3 is 0 Å². The van der Waals surface area contributed by atoms with Crippen LogP contribution in [0.1, 0.15) is 26.5 Å². The molecule has 1 heterocycles. The van der Waals surface area contributed by atoms with E-state index in [2.05, 4.69) is 5.32 Å². The lowest BCUT2D eigenvalue weighted by Crippen LogP contribution is -2.14. The fourth-order valence-electron chi connectivity index (χ4n) is 2.48. The van der Waals surface area contributed by atoms with E-state index in [4.69, 9.17) is 10.2 Å². The molecule has 3 rings (SSSR count). The first-order valence-corrected chi connectivity index (χ1v) is 8.70. The molecule has 0 aliphatic carbocycles. The monoisotopic (exact) mass is 340 g/mol. The van der Waals surface area contributed by atoms with Gasteiger partial charge in [-0.3, -0.25) is 9.59 Å². The van der Waals surface area contributed by atoms with Gasteiger partial charge in [-0.2, -0.15) is 11.8 Å². The number of furan rings is 1. The van der Waals surface area contributed by atoms with Gasteiger partial charge in [0.2, 0.25) is 5.91 Å². The van der Waals surface area contributed by atoms with Crippen molar-refractivity contribution in [1.82, 2.24) is 0 Å². The van der Waals surface area contributed by atoms with Crippen molar-refractivity contribution in [3.63, 3.8) is 0 Å². The lowest BCUT2D eigenvalue weighted by atomic mass is 10.1. The molecule has 0 unspecified atom stereocenters. The van der Waals surface area contributed by atoms with E-state index in [-0.39, 0.29) is 5.91 Å². The van der Waals surface area contributed by atoms with Crippen LogP contribution in [0.3, 0.4) is 0 Å². The highest BCUT2D eigenvalue weighted by molar-refractivity contribution is 7.97. The molecule has 2 amide bonds. The van der Waals surface area contributed by atoms with E-state index in [1.165, 1.54) is 0 Å². The molecule has 1 aromatic heterocycles. The van der Waals surface area contributed by atoms with Gasteiger partial charge in [-0.1, -0.05) is 18.2 Å². The van der Waals surface area contributed by atoms with E-state index in [9.17, 15) is 9.59 Å². The van der Waals surface area contributed by atoms with Gasteiger partial charge in [0.05, 0.1) is 0 Å². The first kappa shape index (κ1) is 16.1. The topological polar surface area (TPSA) is 85.3 Å². The molecule has 0 fully saturated rings. The van der Waals surface area contributed by atoms with Crippen molar-refractivity contribution in [3.05, 3.63) is 65.4 Å². The number of hydrogen-bond donors (Lipinski definition) is 2. The minimum Gasteiger partial charge on any atom is -0.451 e. The van der Waals surface area contributed by atoms with E-state index < -0.39 is 5.91 Å². The summed E-state index contributed by atoms with van der Waals surface area (Å²) in [5.74, 6) is 0.166. The van der Waals surface area contributed by atoms with Gasteiger partial charge in [0, 0.05) is 28.0 Å². The quantitative estimate of drug-likeness (QED) is 0.742. The SMILES string of the molecule is CSCc1c(C(=O)Nc2ccc(C(N)=O)cc2)oc2ccccc12. The summed E-state index contributed by atoms with van der Waals surface area (Å²) in [4.78, 5) is 23.7. The number of hydrogen-bond acceptors (Lipinski definition) is 4. The first-order valence-electron chi connectivity index (χ1n) is 7.30. The molecule has 2 aromatic carbocycles. The Balaban J connectivity index is 1.90. The zero-order chi connectivity index (χ0) is 17.1. The van der Waals surface area contributed by atoms with Gasteiger partial charge in [-0.25, -0.2) is 0 Å². The normalized spacial score (nSPS) is 10.7. The van der Waals surface area contributed by atoms with Gasteiger partial charge in [0.15, 0.2) is 5.76 Å². The van der Waals surface area contributed by atoms with Crippen molar-refractivity contribution >= 4 is 40.2 Å². The number of thioether (sulfide) groups is 1. The highest BCUT2D eigenvalue weighted by Crippen LogP contribution is 2.29. The van der Waals surface area contributed by atoms with Crippen LogP contribution in [0.25, 0.3) is 11.0 Å². The standard InChI is InChI=1S/C18H16N2O3S/c1-24-10-14-13-4-2-3-5-15(13)23-16(14)18(22)20-12-8-6-11(7-9-12)17(19)21/h2-9H,10H2,1H3,(H2,19,21)(H,20,22). The Morgan fingerprint density at radius 2 is 1.83 bits per heavy atom. The Hall–Kier alpha value is -2.73.